The van der Waals surface area contributed by atoms with Gasteiger partial charge in [0.25, 0.3) is 0 Å². The number of anilines is 1. The van der Waals surface area contributed by atoms with Gasteiger partial charge >= 0.3 is 0 Å². The van der Waals surface area contributed by atoms with E-state index in [1.54, 1.807) is 11.7 Å². The molecular formula is C13H26N4O2S. The van der Waals surface area contributed by atoms with Gasteiger partial charge in [0.1, 0.15) is 4.90 Å². The van der Waals surface area contributed by atoms with Crippen molar-refractivity contribution in [3.8, 4) is 0 Å². The van der Waals surface area contributed by atoms with Crippen LogP contribution in [-0.2, 0) is 16.6 Å². The molecule has 0 aliphatic rings. The molecule has 0 aromatic carbocycles. The number of nitrogens with two attached hydrogens (primary N) is 1. The van der Waals surface area contributed by atoms with E-state index >= 15 is 0 Å². The topological polar surface area (TPSA) is 81.2 Å². The molecule has 0 saturated heterocycles. The Kier molecular flexibility index (Phi) is 4.86. The van der Waals surface area contributed by atoms with Gasteiger partial charge in [-0.1, -0.05) is 27.7 Å². The number of rotatable bonds is 5. The smallest absolute Gasteiger partial charge is 0.248 e. The molecule has 0 spiro atoms. The maximum absolute atomic E-state index is 12.7. The van der Waals surface area contributed by atoms with Crippen LogP contribution < -0.4 is 5.73 Å². The Morgan fingerprint density at radius 3 is 2.45 bits per heavy atom. The number of aryl methyl sites for hydroxylation is 1. The summed E-state index contributed by atoms with van der Waals surface area (Å²) in [6.45, 7) is 10.6. The van der Waals surface area contributed by atoms with Crippen molar-refractivity contribution in [3.63, 3.8) is 0 Å². The zero-order valence-corrected chi connectivity index (χ0v) is 14.0. The minimum absolute atomic E-state index is 0.0615. The third-order valence-corrected chi connectivity index (χ3v) is 5.61. The van der Waals surface area contributed by atoms with Crippen LogP contribution >= 0.6 is 0 Å². The van der Waals surface area contributed by atoms with Crippen LogP contribution in [0.25, 0.3) is 0 Å². The predicted octanol–water partition coefficient (Wildman–Crippen LogP) is 1.93. The Labute approximate surface area is 122 Å². The van der Waals surface area contributed by atoms with Gasteiger partial charge in [0.05, 0.1) is 0 Å². The molecule has 2 N–H and O–H groups in total. The molecule has 0 fully saturated rings. The first-order valence-electron chi connectivity index (χ1n) is 6.82. The highest BCUT2D eigenvalue weighted by Crippen LogP contribution is 2.29. The van der Waals surface area contributed by atoms with Crippen LogP contribution in [-0.4, -0.2) is 35.6 Å². The SMILES string of the molecule is CCCn1cc(S(=O)(=O)N(C)C(C)C(C)(C)C)c(N)n1. The summed E-state index contributed by atoms with van der Waals surface area (Å²) in [7, 11) is -2.04. The van der Waals surface area contributed by atoms with E-state index in [4.69, 9.17) is 5.73 Å². The van der Waals surface area contributed by atoms with Crippen LogP contribution in [0.1, 0.15) is 41.0 Å². The Balaban J connectivity index is 3.17. The summed E-state index contributed by atoms with van der Waals surface area (Å²) >= 11 is 0. The fourth-order valence-corrected chi connectivity index (χ4v) is 3.47. The molecule has 1 aromatic rings. The Morgan fingerprint density at radius 1 is 1.45 bits per heavy atom. The van der Waals surface area contributed by atoms with E-state index in [0.29, 0.717) is 6.54 Å². The molecule has 6 nitrogen and oxygen atoms in total. The zero-order valence-electron chi connectivity index (χ0n) is 13.2. The molecular weight excluding hydrogens is 276 g/mol. The summed E-state index contributed by atoms with van der Waals surface area (Å²) < 4.78 is 28.3. The van der Waals surface area contributed by atoms with Crippen LogP contribution in [0.4, 0.5) is 5.82 Å². The number of hydrogen-bond donors (Lipinski definition) is 1. The maximum atomic E-state index is 12.7. The Hall–Kier alpha value is -1.08. The van der Waals surface area contributed by atoms with E-state index in [0.717, 1.165) is 6.42 Å². The summed E-state index contributed by atoms with van der Waals surface area (Å²) in [4.78, 5) is 0.0875. The number of nitrogen functional groups attached to an aromatic ring is 1. The normalized spacial score (nSPS) is 14.8. The van der Waals surface area contributed by atoms with Gasteiger partial charge in [-0.15, -0.1) is 0 Å². The lowest BCUT2D eigenvalue weighted by Crippen LogP contribution is -2.42. The Bertz CT molecular complexity index is 557. The van der Waals surface area contributed by atoms with Crippen molar-refractivity contribution in [1.29, 1.82) is 0 Å². The van der Waals surface area contributed by atoms with Crippen LogP contribution in [0.5, 0.6) is 0 Å². The van der Waals surface area contributed by atoms with Gasteiger partial charge in [0.2, 0.25) is 10.0 Å². The van der Waals surface area contributed by atoms with Gasteiger partial charge in [-0.3, -0.25) is 4.68 Å². The molecule has 0 bridgehead atoms. The predicted molar refractivity (Wildman–Crippen MR) is 80.8 cm³/mol. The van der Waals surface area contributed by atoms with Crippen LogP contribution in [0.2, 0.25) is 0 Å². The quantitative estimate of drug-likeness (QED) is 0.901. The van der Waals surface area contributed by atoms with Crippen molar-refractivity contribution in [2.75, 3.05) is 12.8 Å². The molecule has 0 amide bonds. The molecule has 0 aliphatic carbocycles. The third kappa shape index (κ3) is 3.32. The second kappa shape index (κ2) is 5.73. The molecule has 0 aliphatic heterocycles. The maximum Gasteiger partial charge on any atom is 0.248 e. The van der Waals surface area contributed by atoms with Gasteiger partial charge in [0, 0.05) is 25.8 Å². The molecule has 0 radical (unpaired) electrons. The monoisotopic (exact) mass is 302 g/mol. The van der Waals surface area contributed by atoms with Crippen LogP contribution in [0.15, 0.2) is 11.1 Å². The lowest BCUT2D eigenvalue weighted by molar-refractivity contribution is 0.216. The van der Waals surface area contributed by atoms with Gasteiger partial charge in [-0.05, 0) is 18.8 Å². The van der Waals surface area contributed by atoms with E-state index in [2.05, 4.69) is 5.10 Å². The fraction of sp³-hybridized carbons (Fsp3) is 0.769. The average Bonchev–Trinajstić information content (AvgIpc) is 2.68. The number of aromatic nitrogens is 2. The molecule has 1 heterocycles. The van der Waals surface area contributed by atoms with E-state index in [1.165, 1.54) is 10.5 Å². The molecule has 1 unspecified atom stereocenters. The minimum Gasteiger partial charge on any atom is -0.381 e. The third-order valence-electron chi connectivity index (χ3n) is 3.66. The van der Waals surface area contributed by atoms with E-state index in [-0.39, 0.29) is 22.2 Å². The van der Waals surface area contributed by atoms with Crippen LogP contribution in [0, 0.1) is 5.41 Å². The van der Waals surface area contributed by atoms with Gasteiger partial charge < -0.3 is 5.73 Å². The Morgan fingerprint density at radius 2 is 2.00 bits per heavy atom. The van der Waals surface area contributed by atoms with Crippen molar-refractivity contribution in [2.24, 2.45) is 5.41 Å². The molecule has 20 heavy (non-hydrogen) atoms. The lowest BCUT2D eigenvalue weighted by Gasteiger charge is -2.34. The van der Waals surface area contributed by atoms with E-state index < -0.39 is 10.0 Å². The van der Waals surface area contributed by atoms with Gasteiger partial charge in [-0.25, -0.2) is 8.42 Å². The number of sulfonamides is 1. The standard InChI is InChI=1S/C13H26N4O2S/c1-7-8-17-9-11(12(14)15-17)20(18,19)16(6)10(2)13(3,4)5/h9-10H,7-8H2,1-6H3,(H2,14,15). The summed E-state index contributed by atoms with van der Waals surface area (Å²) in [6, 6.07) is -0.151. The van der Waals surface area contributed by atoms with Crippen molar-refractivity contribution in [2.45, 2.75) is 58.5 Å². The highest BCUT2D eigenvalue weighted by Gasteiger charge is 2.34. The molecule has 1 atom stereocenters. The summed E-state index contributed by atoms with van der Waals surface area (Å²) in [5, 5.41) is 4.06. The van der Waals surface area contributed by atoms with Gasteiger partial charge in [-0.2, -0.15) is 9.40 Å². The van der Waals surface area contributed by atoms with Crippen molar-refractivity contribution < 1.29 is 8.42 Å². The van der Waals surface area contributed by atoms with Gasteiger partial charge in [0.15, 0.2) is 5.82 Å². The second-order valence-electron chi connectivity index (χ2n) is 6.20. The van der Waals surface area contributed by atoms with Crippen molar-refractivity contribution in [3.05, 3.63) is 6.20 Å². The van der Waals surface area contributed by atoms with Crippen molar-refractivity contribution in [1.82, 2.24) is 14.1 Å². The first-order valence-corrected chi connectivity index (χ1v) is 8.26. The summed E-state index contributed by atoms with van der Waals surface area (Å²) in [5.41, 5.74) is 5.61. The number of hydrogen-bond acceptors (Lipinski definition) is 4. The van der Waals surface area contributed by atoms with E-state index in [9.17, 15) is 8.42 Å². The summed E-state index contributed by atoms with van der Waals surface area (Å²) in [5.74, 6) is 0.0615. The molecule has 7 heteroatoms. The molecule has 116 valence electrons. The largest absolute Gasteiger partial charge is 0.381 e. The number of nitrogens with zero attached hydrogens (tertiary/aromatic N) is 3. The lowest BCUT2D eigenvalue weighted by atomic mass is 9.88. The second-order valence-corrected chi connectivity index (χ2v) is 8.17. The minimum atomic E-state index is -3.62. The average molecular weight is 302 g/mol. The van der Waals surface area contributed by atoms with Crippen LogP contribution in [0.3, 0.4) is 0 Å². The van der Waals surface area contributed by atoms with E-state index in [1.807, 2.05) is 34.6 Å². The first kappa shape index (κ1) is 17.0. The highest BCUT2D eigenvalue weighted by atomic mass is 32.2. The fourth-order valence-electron chi connectivity index (χ4n) is 1.87. The summed E-state index contributed by atoms with van der Waals surface area (Å²) in [6.07, 6.45) is 2.38. The highest BCUT2D eigenvalue weighted by molar-refractivity contribution is 7.89. The molecule has 1 rings (SSSR count). The first-order chi connectivity index (χ1) is 9.01. The molecule has 0 saturated carbocycles. The zero-order chi connectivity index (χ0) is 15.7. The molecule has 1 aromatic heterocycles. The van der Waals surface area contributed by atoms with Crippen molar-refractivity contribution >= 4 is 15.8 Å².